The van der Waals surface area contributed by atoms with Gasteiger partial charge >= 0.3 is 0 Å². The van der Waals surface area contributed by atoms with Crippen molar-refractivity contribution in [2.75, 3.05) is 46.5 Å². The monoisotopic (exact) mass is 413 g/mol. The number of ether oxygens (including phenoxy) is 2. The van der Waals surface area contributed by atoms with Crippen LogP contribution in [0.15, 0.2) is 18.6 Å². The molecule has 1 spiro atoms. The van der Waals surface area contributed by atoms with Crippen LogP contribution < -0.4 is 0 Å². The van der Waals surface area contributed by atoms with Crippen molar-refractivity contribution in [3.8, 4) is 0 Å². The van der Waals surface area contributed by atoms with Crippen molar-refractivity contribution < 1.29 is 19.1 Å². The van der Waals surface area contributed by atoms with Gasteiger partial charge in [-0.25, -0.2) is 9.97 Å². The fourth-order valence-corrected chi connectivity index (χ4v) is 4.76. The first kappa shape index (κ1) is 19.4. The average molecular weight is 413 g/mol. The molecule has 30 heavy (non-hydrogen) atoms. The minimum Gasteiger partial charge on any atom is -0.381 e. The van der Waals surface area contributed by atoms with E-state index in [1.165, 1.54) is 0 Å². The zero-order chi connectivity index (χ0) is 20.7. The van der Waals surface area contributed by atoms with Crippen LogP contribution in [0.5, 0.6) is 0 Å². The summed E-state index contributed by atoms with van der Waals surface area (Å²) in [6, 6.07) is 2.19. The molecule has 0 atom stereocenters. The van der Waals surface area contributed by atoms with Crippen molar-refractivity contribution >= 4 is 23.0 Å². The number of aromatic nitrogens is 3. The molecule has 0 N–H and O–H groups in total. The third kappa shape index (κ3) is 3.45. The molecule has 0 radical (unpaired) electrons. The molecule has 2 aromatic rings. The molecule has 0 aromatic carbocycles. The summed E-state index contributed by atoms with van der Waals surface area (Å²) in [4.78, 5) is 37.4. The summed E-state index contributed by atoms with van der Waals surface area (Å²) in [5, 5.41) is 0. The highest BCUT2D eigenvalue weighted by atomic mass is 16.5. The molecule has 0 saturated carbocycles. The van der Waals surface area contributed by atoms with Crippen LogP contribution in [0.25, 0.3) is 11.2 Å². The van der Waals surface area contributed by atoms with E-state index in [0.717, 1.165) is 50.1 Å². The largest absolute Gasteiger partial charge is 0.381 e. The molecule has 9 heteroatoms. The molecule has 5 heterocycles. The first-order valence-electron chi connectivity index (χ1n) is 10.6. The zero-order valence-electron chi connectivity index (χ0n) is 17.2. The number of amides is 2. The molecule has 0 aliphatic carbocycles. The number of carbonyl (C=O) groups is 2. The molecular weight excluding hydrogens is 386 g/mol. The minimum atomic E-state index is -0.329. The molecule has 2 aromatic heterocycles. The van der Waals surface area contributed by atoms with Crippen LogP contribution in [-0.2, 0) is 14.3 Å². The maximum Gasteiger partial charge on any atom is 0.255 e. The fourth-order valence-electron chi connectivity index (χ4n) is 4.76. The third-order valence-electron chi connectivity index (χ3n) is 6.66. The highest BCUT2D eigenvalue weighted by Gasteiger charge is 2.42. The van der Waals surface area contributed by atoms with Crippen LogP contribution in [0.1, 0.15) is 42.1 Å². The van der Waals surface area contributed by atoms with Gasteiger partial charge in [-0.3, -0.25) is 9.59 Å². The number of pyridine rings is 1. The van der Waals surface area contributed by atoms with E-state index in [-0.39, 0.29) is 24.0 Å². The molecule has 2 amide bonds. The lowest BCUT2D eigenvalue weighted by Gasteiger charge is -2.46. The number of rotatable bonds is 2. The van der Waals surface area contributed by atoms with Crippen molar-refractivity contribution in [1.82, 2.24) is 24.3 Å². The molecular formula is C21H27N5O4. The molecule has 0 bridgehead atoms. The number of fused-ring (bicyclic) bond motifs is 1. The lowest BCUT2D eigenvalue weighted by Crippen LogP contribution is -2.58. The Kier molecular flexibility index (Phi) is 4.94. The Balaban J connectivity index is 1.28. The van der Waals surface area contributed by atoms with E-state index in [0.29, 0.717) is 31.2 Å². The summed E-state index contributed by atoms with van der Waals surface area (Å²) in [5.74, 6) is -0.0150. The highest BCUT2D eigenvalue weighted by Crippen LogP contribution is 2.31. The Hall–Kier alpha value is -2.52. The fraction of sp³-hybridized carbons (Fsp3) is 0.619. The predicted molar refractivity (Wildman–Crippen MR) is 108 cm³/mol. The molecule has 3 saturated heterocycles. The van der Waals surface area contributed by atoms with Crippen LogP contribution in [-0.4, -0.2) is 88.3 Å². The van der Waals surface area contributed by atoms with E-state index in [2.05, 4.69) is 14.5 Å². The second-order valence-corrected chi connectivity index (χ2v) is 8.58. The molecule has 9 nitrogen and oxygen atoms in total. The van der Waals surface area contributed by atoms with Crippen LogP contribution in [0, 0.1) is 0 Å². The molecule has 3 fully saturated rings. The van der Waals surface area contributed by atoms with Gasteiger partial charge in [0.1, 0.15) is 12.1 Å². The third-order valence-corrected chi connectivity index (χ3v) is 6.66. The van der Waals surface area contributed by atoms with Crippen molar-refractivity contribution in [3.63, 3.8) is 0 Å². The summed E-state index contributed by atoms with van der Waals surface area (Å²) in [5.41, 5.74) is 1.80. The first-order chi connectivity index (χ1) is 14.5. The van der Waals surface area contributed by atoms with Gasteiger partial charge in [-0.1, -0.05) is 0 Å². The van der Waals surface area contributed by atoms with E-state index < -0.39 is 0 Å². The van der Waals surface area contributed by atoms with Gasteiger partial charge in [0.15, 0.2) is 5.65 Å². The Morgan fingerprint density at radius 3 is 2.70 bits per heavy atom. The lowest BCUT2D eigenvalue weighted by molar-refractivity contribution is -0.167. The lowest BCUT2D eigenvalue weighted by atomic mass is 9.89. The number of carbonyl (C=O) groups excluding carboxylic acids is 2. The summed E-state index contributed by atoms with van der Waals surface area (Å²) >= 11 is 0. The minimum absolute atomic E-state index is 0.0127. The van der Waals surface area contributed by atoms with E-state index in [4.69, 9.17) is 9.47 Å². The Morgan fingerprint density at radius 2 is 1.97 bits per heavy atom. The number of likely N-dealkylation sites (tertiary alicyclic amines) is 1. The van der Waals surface area contributed by atoms with Gasteiger partial charge in [0, 0.05) is 52.1 Å². The topological polar surface area (TPSA) is 89.8 Å². The predicted octanol–water partition coefficient (Wildman–Crippen LogP) is 1.25. The number of piperidine rings is 1. The Labute approximate surface area is 174 Å². The summed E-state index contributed by atoms with van der Waals surface area (Å²) in [6.45, 7) is 3.44. The van der Waals surface area contributed by atoms with Crippen molar-refractivity contribution in [3.05, 3.63) is 24.2 Å². The smallest absolute Gasteiger partial charge is 0.255 e. The number of imidazole rings is 1. The number of likely N-dealkylation sites (N-methyl/N-ethyl adjacent to an activating group) is 1. The number of hydrogen-bond donors (Lipinski definition) is 0. The van der Waals surface area contributed by atoms with E-state index in [1.54, 1.807) is 11.1 Å². The zero-order valence-corrected chi connectivity index (χ0v) is 17.2. The normalized spacial score (nSPS) is 22.8. The second-order valence-electron chi connectivity index (χ2n) is 8.58. The summed E-state index contributed by atoms with van der Waals surface area (Å²) < 4.78 is 13.4. The van der Waals surface area contributed by atoms with Gasteiger partial charge in [-0.15, -0.1) is 0 Å². The quantitative estimate of drug-likeness (QED) is 0.736. The van der Waals surface area contributed by atoms with Gasteiger partial charge in [0.25, 0.3) is 5.91 Å². The number of nitrogens with zero attached hydrogens (tertiary/aromatic N) is 5. The molecule has 0 unspecified atom stereocenters. The maximum atomic E-state index is 13.1. The summed E-state index contributed by atoms with van der Waals surface area (Å²) in [7, 11) is 1.81. The van der Waals surface area contributed by atoms with Gasteiger partial charge in [0.2, 0.25) is 5.91 Å². The van der Waals surface area contributed by atoms with Crippen molar-refractivity contribution in [1.29, 1.82) is 0 Å². The van der Waals surface area contributed by atoms with Crippen molar-refractivity contribution in [2.45, 2.75) is 37.3 Å². The molecule has 3 aliphatic heterocycles. The van der Waals surface area contributed by atoms with E-state index >= 15 is 0 Å². The Morgan fingerprint density at radius 1 is 1.20 bits per heavy atom. The average Bonchev–Trinajstić information content (AvgIpc) is 3.21. The van der Waals surface area contributed by atoms with E-state index in [1.807, 2.05) is 24.3 Å². The van der Waals surface area contributed by atoms with Gasteiger partial charge < -0.3 is 23.8 Å². The van der Waals surface area contributed by atoms with Gasteiger partial charge in [-0.05, 0) is 31.7 Å². The second kappa shape index (κ2) is 7.63. The van der Waals surface area contributed by atoms with E-state index in [9.17, 15) is 9.59 Å². The highest BCUT2D eigenvalue weighted by molar-refractivity contribution is 5.96. The number of hydrogen-bond acceptors (Lipinski definition) is 6. The molecule has 3 aliphatic rings. The van der Waals surface area contributed by atoms with Gasteiger partial charge in [-0.2, -0.15) is 0 Å². The number of morpholine rings is 1. The SMILES string of the molecule is CN1CC2(CCN(C(=O)c3cnc4c(c3)ncn4C3CCOCC3)CC2)OCC1=O. The van der Waals surface area contributed by atoms with Crippen molar-refractivity contribution in [2.24, 2.45) is 0 Å². The standard InChI is InChI=1S/C21H27N5O4/c1-24-13-21(30-12-18(24)27)4-6-25(7-5-21)20(28)15-10-17-19(22-11-15)26(14-23-17)16-2-8-29-9-3-16/h10-11,14,16H,2-9,12-13H2,1H3. The van der Waals surface area contributed by atoms with Crippen LogP contribution in [0.3, 0.4) is 0 Å². The van der Waals surface area contributed by atoms with Crippen LogP contribution >= 0.6 is 0 Å². The summed E-state index contributed by atoms with van der Waals surface area (Å²) in [6.07, 6.45) is 6.84. The Bertz CT molecular complexity index is 959. The maximum absolute atomic E-state index is 13.1. The van der Waals surface area contributed by atoms with Crippen LogP contribution in [0.4, 0.5) is 0 Å². The molecule has 5 rings (SSSR count). The van der Waals surface area contributed by atoms with Crippen LogP contribution in [0.2, 0.25) is 0 Å². The van der Waals surface area contributed by atoms with Gasteiger partial charge in [0.05, 0.1) is 17.5 Å². The first-order valence-corrected chi connectivity index (χ1v) is 10.6. The molecule has 160 valence electrons.